The van der Waals surface area contributed by atoms with Gasteiger partial charge in [0.25, 0.3) is 0 Å². The van der Waals surface area contributed by atoms with Crippen molar-refractivity contribution in [1.82, 2.24) is 14.5 Å². The van der Waals surface area contributed by atoms with Gasteiger partial charge in [-0.05, 0) is 40.3 Å². The average Bonchev–Trinajstić information content (AvgIpc) is 3.17. The molecule has 0 aliphatic carbocycles. The first-order valence-corrected chi connectivity index (χ1v) is 9.15. The largest absolute Gasteiger partial charge is 0.442 e. The third kappa shape index (κ3) is 4.61. The third-order valence-corrected chi connectivity index (χ3v) is 4.50. The number of nitrogens with zero attached hydrogens (tertiary/aromatic N) is 4. The van der Waals surface area contributed by atoms with E-state index < -0.39 is 29.0 Å². The lowest BCUT2D eigenvalue weighted by molar-refractivity contribution is -0.389. The van der Waals surface area contributed by atoms with Gasteiger partial charge >= 0.3 is 24.1 Å². The molecule has 13 heteroatoms. The zero-order valence-electron chi connectivity index (χ0n) is 16.1. The average molecular weight is 449 g/mol. The van der Waals surface area contributed by atoms with Crippen LogP contribution in [0.3, 0.4) is 0 Å². The van der Waals surface area contributed by atoms with Crippen LogP contribution in [0.15, 0.2) is 48.8 Å². The molecule has 1 aliphatic rings. The number of rotatable bonds is 4. The standard InChI is InChI=1S/C19H14F3N5O5/c20-19(21,22)15-7-12(5-6-23-15)11-1-3-13(4-2-11)24-18(28)32-14-8-26-9-16(27(29)30)25-17(26)31-10-14/h1-7,9,14H,8,10H2,(H,24,28)/t14-/m0/s1. The highest BCUT2D eigenvalue weighted by molar-refractivity contribution is 5.85. The SMILES string of the molecule is O=C(Nc1ccc(-c2ccnc(C(F)(F)F)c2)cc1)O[C@@H]1COc2nc([N+](=O)[O-])cn2C1. The number of pyridine rings is 1. The van der Waals surface area contributed by atoms with E-state index in [0.717, 1.165) is 12.3 Å². The third-order valence-electron chi connectivity index (χ3n) is 4.50. The lowest BCUT2D eigenvalue weighted by Crippen LogP contribution is -2.35. The highest BCUT2D eigenvalue weighted by Crippen LogP contribution is 2.31. The quantitative estimate of drug-likeness (QED) is 0.474. The number of benzene rings is 1. The maximum atomic E-state index is 12.8. The lowest BCUT2D eigenvalue weighted by Gasteiger charge is -2.22. The molecule has 1 aliphatic heterocycles. The molecular formula is C19H14F3N5O5. The summed E-state index contributed by atoms with van der Waals surface area (Å²) in [5, 5.41) is 13.3. The number of imidazole rings is 1. The number of carbonyl (C=O) groups is 1. The van der Waals surface area contributed by atoms with E-state index in [1.807, 2.05) is 0 Å². The van der Waals surface area contributed by atoms with Gasteiger partial charge in [0, 0.05) is 16.9 Å². The highest BCUT2D eigenvalue weighted by Gasteiger charge is 2.32. The van der Waals surface area contributed by atoms with Crippen molar-refractivity contribution in [1.29, 1.82) is 0 Å². The predicted molar refractivity (Wildman–Crippen MR) is 103 cm³/mol. The van der Waals surface area contributed by atoms with Gasteiger partial charge in [0.05, 0.1) is 6.54 Å². The number of nitro groups is 1. The van der Waals surface area contributed by atoms with Gasteiger partial charge in [0.2, 0.25) is 0 Å². The first kappa shape index (κ1) is 21.1. The molecule has 166 valence electrons. The van der Waals surface area contributed by atoms with Crippen molar-refractivity contribution in [2.24, 2.45) is 0 Å². The lowest BCUT2D eigenvalue weighted by atomic mass is 10.1. The number of alkyl halides is 3. The van der Waals surface area contributed by atoms with Crippen molar-refractivity contribution < 1.29 is 32.4 Å². The Morgan fingerprint density at radius 1 is 1.25 bits per heavy atom. The van der Waals surface area contributed by atoms with Crippen LogP contribution in [0, 0.1) is 10.1 Å². The maximum Gasteiger partial charge on any atom is 0.433 e. The molecule has 0 bridgehead atoms. The molecule has 0 spiro atoms. The number of carbonyl (C=O) groups excluding carboxylic acids is 1. The van der Waals surface area contributed by atoms with Gasteiger partial charge in [-0.2, -0.15) is 13.2 Å². The Labute approximate surface area is 177 Å². The first-order valence-electron chi connectivity index (χ1n) is 9.15. The highest BCUT2D eigenvalue weighted by atomic mass is 19.4. The number of hydrogen-bond donors (Lipinski definition) is 1. The van der Waals surface area contributed by atoms with E-state index in [4.69, 9.17) is 9.47 Å². The molecule has 0 saturated carbocycles. The van der Waals surface area contributed by atoms with Gasteiger partial charge in [-0.1, -0.05) is 12.1 Å². The number of halogens is 3. The van der Waals surface area contributed by atoms with Crippen molar-refractivity contribution in [2.75, 3.05) is 11.9 Å². The number of nitrogens with one attached hydrogen (secondary N) is 1. The molecule has 32 heavy (non-hydrogen) atoms. The molecule has 2 aromatic heterocycles. The first-order chi connectivity index (χ1) is 15.2. The number of hydrogen-bond acceptors (Lipinski definition) is 7. The summed E-state index contributed by atoms with van der Waals surface area (Å²) in [6, 6.07) is 8.57. The van der Waals surface area contributed by atoms with Gasteiger partial charge in [-0.3, -0.25) is 14.9 Å². The Morgan fingerprint density at radius 3 is 2.69 bits per heavy atom. The second-order valence-electron chi connectivity index (χ2n) is 6.76. The zero-order valence-corrected chi connectivity index (χ0v) is 16.1. The van der Waals surface area contributed by atoms with Crippen LogP contribution in [-0.4, -0.2) is 38.3 Å². The van der Waals surface area contributed by atoms with E-state index in [-0.39, 0.29) is 25.0 Å². The second-order valence-corrected chi connectivity index (χ2v) is 6.76. The topological polar surface area (TPSA) is 121 Å². The maximum absolute atomic E-state index is 12.8. The molecule has 4 rings (SSSR count). The summed E-state index contributed by atoms with van der Waals surface area (Å²) >= 11 is 0. The van der Waals surface area contributed by atoms with E-state index in [9.17, 15) is 28.1 Å². The minimum absolute atomic E-state index is 0.0237. The van der Waals surface area contributed by atoms with E-state index in [0.29, 0.717) is 16.8 Å². The van der Waals surface area contributed by atoms with Crippen molar-refractivity contribution in [3.05, 3.63) is 64.6 Å². The summed E-state index contributed by atoms with van der Waals surface area (Å²) in [6.45, 7) is 0.107. The molecule has 0 unspecified atom stereocenters. The normalized spacial score (nSPS) is 15.4. The zero-order chi connectivity index (χ0) is 22.9. The minimum atomic E-state index is -4.55. The fourth-order valence-corrected chi connectivity index (χ4v) is 3.04. The molecule has 3 heterocycles. The van der Waals surface area contributed by atoms with Crippen molar-refractivity contribution in [2.45, 2.75) is 18.8 Å². The molecule has 10 nitrogen and oxygen atoms in total. The smallest absolute Gasteiger partial charge is 0.433 e. The number of ether oxygens (including phenoxy) is 2. The Bertz CT molecular complexity index is 1160. The number of fused-ring (bicyclic) bond motifs is 1. The monoisotopic (exact) mass is 449 g/mol. The van der Waals surface area contributed by atoms with Crippen molar-refractivity contribution >= 4 is 17.6 Å². The van der Waals surface area contributed by atoms with Crippen LogP contribution in [0.25, 0.3) is 11.1 Å². The minimum Gasteiger partial charge on any atom is -0.442 e. The molecule has 1 amide bonds. The number of amides is 1. The van der Waals surface area contributed by atoms with E-state index in [1.54, 1.807) is 12.1 Å². The fourth-order valence-electron chi connectivity index (χ4n) is 3.04. The molecule has 0 fully saturated rings. The van der Waals surface area contributed by atoms with E-state index >= 15 is 0 Å². The van der Waals surface area contributed by atoms with E-state index in [1.165, 1.54) is 29.0 Å². The van der Waals surface area contributed by atoms with Gasteiger partial charge in [0.1, 0.15) is 18.5 Å². The van der Waals surface area contributed by atoms with Crippen LogP contribution in [0.1, 0.15) is 5.69 Å². The molecule has 3 aromatic rings. The van der Waals surface area contributed by atoms with Crippen LogP contribution in [0.5, 0.6) is 6.01 Å². The Balaban J connectivity index is 1.37. The van der Waals surface area contributed by atoms with Crippen LogP contribution in [-0.2, 0) is 17.5 Å². The van der Waals surface area contributed by atoms with Crippen molar-refractivity contribution in [3.63, 3.8) is 0 Å². The molecule has 1 atom stereocenters. The van der Waals surface area contributed by atoms with Gasteiger partial charge in [0.15, 0.2) is 6.10 Å². The predicted octanol–water partition coefficient (Wildman–Crippen LogP) is 3.88. The van der Waals surface area contributed by atoms with Crippen LogP contribution in [0.4, 0.5) is 29.5 Å². The summed E-state index contributed by atoms with van der Waals surface area (Å²) < 4.78 is 50.4. The number of anilines is 1. The summed E-state index contributed by atoms with van der Waals surface area (Å²) in [7, 11) is 0. The fraction of sp³-hybridized carbons (Fsp3) is 0.211. The van der Waals surface area contributed by atoms with Crippen LogP contribution < -0.4 is 10.1 Å². The van der Waals surface area contributed by atoms with Crippen LogP contribution >= 0.6 is 0 Å². The summed E-state index contributed by atoms with van der Waals surface area (Å²) in [4.78, 5) is 29.3. The molecule has 1 N–H and O–H groups in total. The van der Waals surface area contributed by atoms with Gasteiger partial charge < -0.3 is 19.6 Å². The molecule has 1 aromatic carbocycles. The molecule has 0 radical (unpaired) electrons. The Hall–Kier alpha value is -4.16. The van der Waals surface area contributed by atoms with Gasteiger partial charge in [-0.25, -0.2) is 4.79 Å². The Morgan fingerprint density at radius 2 is 2.00 bits per heavy atom. The summed E-state index contributed by atoms with van der Waals surface area (Å²) in [5.41, 5.74) is 0.194. The molecular weight excluding hydrogens is 435 g/mol. The summed E-state index contributed by atoms with van der Waals surface area (Å²) in [6.07, 6.45) is -3.77. The van der Waals surface area contributed by atoms with Gasteiger partial charge in [-0.15, -0.1) is 0 Å². The second kappa shape index (κ2) is 8.17. The molecule has 0 saturated heterocycles. The summed E-state index contributed by atoms with van der Waals surface area (Å²) in [5.74, 6) is -0.373. The van der Waals surface area contributed by atoms with E-state index in [2.05, 4.69) is 15.3 Å². The van der Waals surface area contributed by atoms with Crippen molar-refractivity contribution in [3.8, 4) is 17.1 Å². The number of aromatic nitrogens is 3. The Kier molecular flexibility index (Phi) is 5.38. The van der Waals surface area contributed by atoms with Crippen LogP contribution in [0.2, 0.25) is 0 Å².